The number of halogens is 1. The second-order valence-electron chi connectivity index (χ2n) is 5.54. The predicted octanol–water partition coefficient (Wildman–Crippen LogP) is 1.49. The van der Waals surface area contributed by atoms with Crippen LogP contribution in [0.1, 0.15) is 18.9 Å². The van der Waals surface area contributed by atoms with Gasteiger partial charge in [0.25, 0.3) is 0 Å². The number of hydrogen-bond donors (Lipinski definition) is 1. The molecule has 0 bridgehead atoms. The summed E-state index contributed by atoms with van der Waals surface area (Å²) in [5.74, 6) is -0.693. The average Bonchev–Trinajstić information content (AvgIpc) is 2.73. The Balaban J connectivity index is 2.34. The molecule has 106 valence electrons. The van der Waals surface area contributed by atoms with Crippen molar-refractivity contribution in [3.05, 3.63) is 29.6 Å². The van der Waals surface area contributed by atoms with Gasteiger partial charge in [-0.2, -0.15) is 4.31 Å². The molecule has 2 N–H and O–H groups in total. The molecule has 1 saturated heterocycles. The number of hydrogen-bond acceptors (Lipinski definition) is 3. The zero-order chi connectivity index (χ0) is 14.3. The molecule has 0 aromatic heterocycles. The first-order valence-corrected chi connectivity index (χ1v) is 7.69. The normalized spacial score (nSPS) is 24.8. The van der Waals surface area contributed by atoms with E-state index in [1.54, 1.807) is 13.0 Å². The number of nitrogens with zero attached hydrogens (tertiary/aromatic N) is 1. The van der Waals surface area contributed by atoms with E-state index in [0.29, 0.717) is 31.6 Å². The lowest BCUT2D eigenvalue weighted by molar-refractivity contribution is 0.349. The first kappa shape index (κ1) is 14.4. The predicted molar refractivity (Wildman–Crippen MR) is 71.7 cm³/mol. The summed E-state index contributed by atoms with van der Waals surface area (Å²) >= 11 is 0. The van der Waals surface area contributed by atoms with Crippen LogP contribution >= 0.6 is 0 Å². The summed E-state index contributed by atoms with van der Waals surface area (Å²) < 4.78 is 40.0. The van der Waals surface area contributed by atoms with E-state index in [1.165, 1.54) is 16.4 Å². The van der Waals surface area contributed by atoms with Crippen LogP contribution in [0.3, 0.4) is 0 Å². The van der Waals surface area contributed by atoms with Crippen LogP contribution in [0.2, 0.25) is 0 Å². The van der Waals surface area contributed by atoms with Crippen LogP contribution in [-0.2, 0) is 10.0 Å². The lowest BCUT2D eigenvalue weighted by Gasteiger charge is -2.22. The molecule has 19 heavy (non-hydrogen) atoms. The first-order chi connectivity index (χ1) is 8.78. The summed E-state index contributed by atoms with van der Waals surface area (Å²) in [6, 6.07) is 4.18. The van der Waals surface area contributed by atoms with Crippen LogP contribution < -0.4 is 5.73 Å². The topological polar surface area (TPSA) is 63.4 Å². The van der Waals surface area contributed by atoms with Crippen LogP contribution in [-0.4, -0.2) is 32.4 Å². The SMILES string of the molecule is Cc1ccc(S(=O)(=O)N2CCC(C)(CN)C2)c(F)c1. The Morgan fingerprint density at radius 1 is 1.47 bits per heavy atom. The van der Waals surface area contributed by atoms with E-state index in [2.05, 4.69) is 0 Å². The highest BCUT2D eigenvalue weighted by atomic mass is 32.2. The van der Waals surface area contributed by atoms with Gasteiger partial charge in [0, 0.05) is 13.1 Å². The third-order valence-electron chi connectivity index (χ3n) is 3.72. The Hall–Kier alpha value is -0.980. The molecule has 4 nitrogen and oxygen atoms in total. The molecule has 1 aliphatic rings. The molecule has 1 fully saturated rings. The van der Waals surface area contributed by atoms with Gasteiger partial charge in [-0.15, -0.1) is 0 Å². The fourth-order valence-corrected chi connectivity index (χ4v) is 3.94. The Labute approximate surface area is 113 Å². The molecule has 0 amide bonds. The van der Waals surface area contributed by atoms with Crippen molar-refractivity contribution in [1.29, 1.82) is 0 Å². The Kier molecular flexibility index (Phi) is 3.68. The van der Waals surface area contributed by atoms with E-state index in [4.69, 9.17) is 5.73 Å². The van der Waals surface area contributed by atoms with Crippen molar-refractivity contribution in [3.63, 3.8) is 0 Å². The summed E-state index contributed by atoms with van der Waals surface area (Å²) in [6.07, 6.45) is 0.705. The molecule has 1 unspecified atom stereocenters. The summed E-state index contributed by atoms with van der Waals surface area (Å²) in [6.45, 7) is 4.84. The molecule has 1 heterocycles. The lowest BCUT2D eigenvalue weighted by Crippen LogP contribution is -2.34. The number of benzene rings is 1. The minimum Gasteiger partial charge on any atom is -0.330 e. The molecular weight excluding hydrogens is 267 g/mol. The molecule has 0 radical (unpaired) electrons. The van der Waals surface area contributed by atoms with Gasteiger partial charge >= 0.3 is 0 Å². The largest absolute Gasteiger partial charge is 0.330 e. The van der Waals surface area contributed by atoms with Crippen molar-refractivity contribution in [2.75, 3.05) is 19.6 Å². The molecule has 1 aromatic carbocycles. The van der Waals surface area contributed by atoms with Gasteiger partial charge < -0.3 is 5.73 Å². The zero-order valence-electron chi connectivity index (χ0n) is 11.2. The molecule has 1 aromatic rings. The quantitative estimate of drug-likeness (QED) is 0.915. The van der Waals surface area contributed by atoms with Crippen molar-refractivity contribution in [2.45, 2.75) is 25.2 Å². The van der Waals surface area contributed by atoms with E-state index in [-0.39, 0.29) is 10.3 Å². The van der Waals surface area contributed by atoms with Crippen LogP contribution in [0.4, 0.5) is 4.39 Å². The van der Waals surface area contributed by atoms with Crippen molar-refractivity contribution < 1.29 is 12.8 Å². The van der Waals surface area contributed by atoms with Gasteiger partial charge in [-0.25, -0.2) is 12.8 Å². The molecule has 1 atom stereocenters. The maximum atomic E-state index is 13.8. The van der Waals surface area contributed by atoms with Gasteiger partial charge in [0.15, 0.2) is 0 Å². The molecule has 1 aliphatic heterocycles. The Bertz CT molecular complexity index is 588. The molecule has 6 heteroatoms. The number of aryl methyl sites for hydroxylation is 1. The molecule has 0 saturated carbocycles. The number of sulfonamides is 1. The smallest absolute Gasteiger partial charge is 0.246 e. The van der Waals surface area contributed by atoms with E-state index in [1.807, 2.05) is 6.92 Å². The average molecular weight is 286 g/mol. The molecule has 0 aliphatic carbocycles. The molecule has 0 spiro atoms. The summed E-state index contributed by atoms with van der Waals surface area (Å²) in [7, 11) is -3.76. The third kappa shape index (κ3) is 2.66. The van der Waals surface area contributed by atoms with E-state index in [0.717, 1.165) is 0 Å². The fraction of sp³-hybridized carbons (Fsp3) is 0.538. The van der Waals surface area contributed by atoms with Crippen LogP contribution in [0.25, 0.3) is 0 Å². The van der Waals surface area contributed by atoms with Crippen LogP contribution in [0.15, 0.2) is 23.1 Å². The van der Waals surface area contributed by atoms with Gasteiger partial charge in [-0.1, -0.05) is 13.0 Å². The maximum Gasteiger partial charge on any atom is 0.246 e. The van der Waals surface area contributed by atoms with E-state index >= 15 is 0 Å². The zero-order valence-corrected chi connectivity index (χ0v) is 12.0. The number of nitrogens with two attached hydrogens (primary N) is 1. The van der Waals surface area contributed by atoms with Gasteiger partial charge in [-0.05, 0) is 43.0 Å². The Morgan fingerprint density at radius 2 is 2.16 bits per heavy atom. The standard InChI is InChI=1S/C13H19FN2O2S/c1-10-3-4-12(11(14)7-10)19(17,18)16-6-5-13(2,8-15)9-16/h3-4,7H,5-6,8-9,15H2,1-2H3. The van der Waals surface area contributed by atoms with Gasteiger partial charge in [-0.3, -0.25) is 0 Å². The second-order valence-corrected chi connectivity index (χ2v) is 7.44. The Morgan fingerprint density at radius 3 is 2.68 bits per heavy atom. The van der Waals surface area contributed by atoms with Crippen molar-refractivity contribution in [3.8, 4) is 0 Å². The first-order valence-electron chi connectivity index (χ1n) is 6.25. The fourth-order valence-electron chi connectivity index (χ4n) is 2.30. The maximum absolute atomic E-state index is 13.8. The van der Waals surface area contributed by atoms with Crippen molar-refractivity contribution in [1.82, 2.24) is 4.31 Å². The molecular formula is C13H19FN2O2S. The van der Waals surface area contributed by atoms with Crippen LogP contribution in [0, 0.1) is 18.2 Å². The minimum atomic E-state index is -3.76. The van der Waals surface area contributed by atoms with Crippen LogP contribution in [0.5, 0.6) is 0 Å². The number of rotatable bonds is 3. The van der Waals surface area contributed by atoms with Crippen molar-refractivity contribution >= 4 is 10.0 Å². The third-order valence-corrected chi connectivity index (χ3v) is 5.60. The van der Waals surface area contributed by atoms with Gasteiger partial charge in [0.2, 0.25) is 10.0 Å². The lowest BCUT2D eigenvalue weighted by atomic mass is 9.90. The highest BCUT2D eigenvalue weighted by Crippen LogP contribution is 2.33. The van der Waals surface area contributed by atoms with Crippen molar-refractivity contribution in [2.24, 2.45) is 11.1 Å². The second kappa shape index (κ2) is 4.85. The summed E-state index contributed by atoms with van der Waals surface area (Å²) in [5.41, 5.74) is 6.15. The summed E-state index contributed by atoms with van der Waals surface area (Å²) in [4.78, 5) is -0.251. The van der Waals surface area contributed by atoms with Gasteiger partial charge in [0.1, 0.15) is 10.7 Å². The van der Waals surface area contributed by atoms with E-state index < -0.39 is 15.8 Å². The highest BCUT2D eigenvalue weighted by Gasteiger charge is 2.39. The van der Waals surface area contributed by atoms with Gasteiger partial charge in [0.05, 0.1) is 0 Å². The highest BCUT2D eigenvalue weighted by molar-refractivity contribution is 7.89. The summed E-state index contributed by atoms with van der Waals surface area (Å²) in [5, 5.41) is 0. The van der Waals surface area contributed by atoms with E-state index in [9.17, 15) is 12.8 Å². The monoisotopic (exact) mass is 286 g/mol. The molecule has 2 rings (SSSR count). The minimum absolute atomic E-state index is 0.214.